The van der Waals surface area contributed by atoms with E-state index in [-0.39, 0.29) is 6.61 Å². The van der Waals surface area contributed by atoms with Gasteiger partial charge in [0.05, 0.1) is 6.61 Å². The lowest BCUT2D eigenvalue weighted by atomic mass is 10.0. The molecule has 0 amide bonds. The molecular weight excluding hydrogens is 280 g/mol. The topological polar surface area (TPSA) is 90.2 Å². The molecule has 0 aliphatic carbocycles. The highest BCUT2D eigenvalue weighted by Gasteiger charge is 2.43. The third-order valence-corrected chi connectivity index (χ3v) is 4.52. The molecule has 0 saturated carbocycles. The van der Waals surface area contributed by atoms with Crippen LogP contribution < -0.4 is 0 Å². The zero-order chi connectivity index (χ0) is 14.5. The van der Waals surface area contributed by atoms with Crippen LogP contribution in [0.1, 0.15) is 5.56 Å². The van der Waals surface area contributed by atoms with Gasteiger partial charge in [0.15, 0.2) is 0 Å². The van der Waals surface area contributed by atoms with E-state index in [9.17, 15) is 15.3 Å². The van der Waals surface area contributed by atoms with E-state index in [0.717, 1.165) is 6.42 Å². The Morgan fingerprint density at radius 2 is 1.70 bits per heavy atom. The summed E-state index contributed by atoms with van der Waals surface area (Å²) in [5.41, 5.74) is 0.541. The van der Waals surface area contributed by atoms with Crippen molar-refractivity contribution in [1.29, 1.82) is 0 Å². The summed E-state index contributed by atoms with van der Waals surface area (Å²) in [4.78, 5) is 0. The molecule has 112 valence electrons. The van der Waals surface area contributed by atoms with Crippen LogP contribution in [0.4, 0.5) is 0 Å². The van der Waals surface area contributed by atoms with E-state index in [0.29, 0.717) is 5.75 Å². The zero-order valence-corrected chi connectivity index (χ0v) is 11.8. The highest BCUT2D eigenvalue weighted by Crippen LogP contribution is 2.28. The van der Waals surface area contributed by atoms with Crippen LogP contribution in [-0.2, 0) is 11.2 Å². The smallest absolute Gasteiger partial charge is 0.132 e. The standard InChI is InChI=1S/C14H20O5S/c15-8-10-11(16)12(17)13(18)14(19-10)20-7-6-9-4-2-1-3-5-9/h1-5,10-18H,6-8H2/t10-,11+,12+,13-,14-/m1/s1. The number of hydrogen-bond donors (Lipinski definition) is 4. The largest absolute Gasteiger partial charge is 0.394 e. The first-order valence-corrected chi connectivity index (χ1v) is 7.64. The van der Waals surface area contributed by atoms with Crippen LogP contribution in [0.25, 0.3) is 0 Å². The number of aliphatic hydroxyl groups excluding tert-OH is 4. The van der Waals surface area contributed by atoms with Gasteiger partial charge in [0.2, 0.25) is 0 Å². The number of ether oxygens (including phenoxy) is 1. The normalized spacial score (nSPS) is 34.1. The van der Waals surface area contributed by atoms with Crippen molar-refractivity contribution in [3.8, 4) is 0 Å². The molecule has 0 bridgehead atoms. The van der Waals surface area contributed by atoms with Crippen LogP contribution in [0, 0.1) is 0 Å². The summed E-state index contributed by atoms with van der Waals surface area (Å²) < 4.78 is 5.42. The minimum absolute atomic E-state index is 0.388. The van der Waals surface area contributed by atoms with Crippen LogP contribution in [0.15, 0.2) is 30.3 Å². The van der Waals surface area contributed by atoms with Gasteiger partial charge in [-0.15, -0.1) is 11.8 Å². The van der Waals surface area contributed by atoms with Crippen LogP contribution in [-0.4, -0.2) is 62.6 Å². The molecule has 20 heavy (non-hydrogen) atoms. The molecule has 2 rings (SSSR count). The third-order valence-electron chi connectivity index (χ3n) is 3.36. The molecule has 1 aromatic carbocycles. The Bertz CT molecular complexity index is 400. The molecule has 1 saturated heterocycles. The van der Waals surface area contributed by atoms with Crippen LogP contribution in [0.5, 0.6) is 0 Å². The van der Waals surface area contributed by atoms with E-state index < -0.39 is 29.9 Å². The highest BCUT2D eigenvalue weighted by atomic mass is 32.2. The second-order valence-corrected chi connectivity index (χ2v) is 6.01. The van der Waals surface area contributed by atoms with Gasteiger partial charge < -0.3 is 25.2 Å². The molecule has 6 heteroatoms. The Morgan fingerprint density at radius 3 is 2.35 bits per heavy atom. The second-order valence-electron chi connectivity index (χ2n) is 4.80. The third kappa shape index (κ3) is 3.72. The maximum absolute atomic E-state index is 9.88. The van der Waals surface area contributed by atoms with Gasteiger partial charge in [-0.25, -0.2) is 0 Å². The molecule has 1 aliphatic rings. The van der Waals surface area contributed by atoms with E-state index in [4.69, 9.17) is 9.84 Å². The predicted octanol–water partition coefficient (Wildman–Crippen LogP) is -0.238. The van der Waals surface area contributed by atoms with Gasteiger partial charge in [0.1, 0.15) is 29.9 Å². The SMILES string of the molecule is OC[C@H]1O[C@H](SCCc2ccccc2)[C@H](O)[C@@H](O)[C@H]1O. The van der Waals surface area contributed by atoms with Gasteiger partial charge in [0.25, 0.3) is 0 Å². The summed E-state index contributed by atoms with van der Waals surface area (Å²) >= 11 is 1.37. The zero-order valence-electron chi connectivity index (χ0n) is 11.0. The monoisotopic (exact) mass is 300 g/mol. The molecule has 5 nitrogen and oxygen atoms in total. The molecule has 5 atom stereocenters. The van der Waals surface area contributed by atoms with E-state index in [1.165, 1.54) is 17.3 Å². The van der Waals surface area contributed by atoms with Crippen molar-refractivity contribution < 1.29 is 25.2 Å². The highest BCUT2D eigenvalue weighted by molar-refractivity contribution is 7.99. The molecule has 1 aromatic rings. The fourth-order valence-electron chi connectivity index (χ4n) is 2.14. The molecule has 1 heterocycles. The Labute approximate surface area is 122 Å². The number of benzene rings is 1. The molecule has 0 aromatic heterocycles. The Hall–Kier alpha value is -0.630. The first-order chi connectivity index (χ1) is 9.63. The summed E-state index contributed by atoms with van der Waals surface area (Å²) in [7, 11) is 0. The average Bonchev–Trinajstić information content (AvgIpc) is 2.48. The van der Waals surface area contributed by atoms with Gasteiger partial charge >= 0.3 is 0 Å². The van der Waals surface area contributed by atoms with Gasteiger partial charge in [-0.1, -0.05) is 30.3 Å². The summed E-state index contributed by atoms with van der Waals surface area (Å²) in [6.07, 6.45) is -3.76. The number of aryl methyl sites for hydroxylation is 1. The lowest BCUT2D eigenvalue weighted by Crippen LogP contribution is -2.57. The minimum atomic E-state index is -1.30. The van der Waals surface area contributed by atoms with Gasteiger partial charge in [0, 0.05) is 0 Å². The fraction of sp³-hybridized carbons (Fsp3) is 0.571. The quantitative estimate of drug-likeness (QED) is 0.600. The predicted molar refractivity (Wildman–Crippen MR) is 76.4 cm³/mol. The second kappa shape index (κ2) is 7.40. The number of aliphatic hydroxyl groups is 4. The van der Waals surface area contributed by atoms with E-state index in [1.54, 1.807) is 0 Å². The Balaban J connectivity index is 1.85. The molecule has 4 N–H and O–H groups in total. The lowest BCUT2D eigenvalue weighted by Gasteiger charge is -2.39. The van der Waals surface area contributed by atoms with Crippen LogP contribution in [0.2, 0.25) is 0 Å². The van der Waals surface area contributed by atoms with Crippen LogP contribution in [0.3, 0.4) is 0 Å². The van der Waals surface area contributed by atoms with Crippen molar-refractivity contribution in [2.45, 2.75) is 36.3 Å². The maximum Gasteiger partial charge on any atom is 0.132 e. The summed E-state index contributed by atoms with van der Waals surface area (Å²) in [6.45, 7) is -0.388. The fourth-order valence-corrected chi connectivity index (χ4v) is 3.31. The van der Waals surface area contributed by atoms with E-state index in [2.05, 4.69) is 0 Å². The van der Waals surface area contributed by atoms with Crippen molar-refractivity contribution in [2.24, 2.45) is 0 Å². The molecule has 0 radical (unpaired) electrons. The number of thioether (sulfide) groups is 1. The van der Waals surface area contributed by atoms with Crippen molar-refractivity contribution in [1.82, 2.24) is 0 Å². The minimum Gasteiger partial charge on any atom is -0.394 e. The maximum atomic E-state index is 9.88. The Kier molecular flexibility index (Phi) is 5.83. The van der Waals surface area contributed by atoms with Gasteiger partial charge in [-0.2, -0.15) is 0 Å². The summed E-state index contributed by atoms with van der Waals surface area (Å²) in [6, 6.07) is 9.93. The van der Waals surface area contributed by atoms with E-state index in [1.807, 2.05) is 30.3 Å². The van der Waals surface area contributed by atoms with Gasteiger partial charge in [-0.05, 0) is 17.7 Å². The summed E-state index contributed by atoms with van der Waals surface area (Å²) in [5.74, 6) is 0.715. The summed E-state index contributed by atoms with van der Waals surface area (Å²) in [5, 5.41) is 38.3. The first kappa shape index (κ1) is 15.8. The van der Waals surface area contributed by atoms with Crippen molar-refractivity contribution in [3.05, 3.63) is 35.9 Å². The van der Waals surface area contributed by atoms with Crippen molar-refractivity contribution >= 4 is 11.8 Å². The molecule has 1 fully saturated rings. The lowest BCUT2D eigenvalue weighted by molar-refractivity contribution is -0.205. The average molecular weight is 300 g/mol. The molecule has 0 spiro atoms. The number of hydrogen-bond acceptors (Lipinski definition) is 6. The number of rotatable bonds is 5. The van der Waals surface area contributed by atoms with E-state index >= 15 is 0 Å². The van der Waals surface area contributed by atoms with Crippen molar-refractivity contribution in [2.75, 3.05) is 12.4 Å². The van der Waals surface area contributed by atoms with Crippen molar-refractivity contribution in [3.63, 3.8) is 0 Å². The molecule has 1 aliphatic heterocycles. The molecule has 0 unspecified atom stereocenters. The molecular formula is C14H20O5S. The van der Waals surface area contributed by atoms with Crippen LogP contribution >= 0.6 is 11.8 Å². The van der Waals surface area contributed by atoms with Gasteiger partial charge in [-0.3, -0.25) is 0 Å². The first-order valence-electron chi connectivity index (χ1n) is 6.59. The Morgan fingerprint density at radius 1 is 1.00 bits per heavy atom.